The van der Waals surface area contributed by atoms with Crippen molar-refractivity contribution in [3.63, 3.8) is 0 Å². The summed E-state index contributed by atoms with van der Waals surface area (Å²) >= 11 is 0. The summed E-state index contributed by atoms with van der Waals surface area (Å²) in [6.07, 6.45) is 8.40. The third-order valence-electron chi connectivity index (χ3n) is 12.6. The Bertz CT molecular complexity index is 1460. The molecule has 0 aliphatic heterocycles. The number of allylic oxidation sites excluding steroid dienone is 1. The van der Waals surface area contributed by atoms with E-state index in [0.717, 1.165) is 38.5 Å². The van der Waals surface area contributed by atoms with Crippen LogP contribution >= 0.6 is 0 Å². The minimum absolute atomic E-state index is 0.128. The van der Waals surface area contributed by atoms with Crippen LogP contribution in [0.25, 0.3) is 5.57 Å². The van der Waals surface area contributed by atoms with Gasteiger partial charge in [0.25, 0.3) is 0 Å². The Labute approximate surface area is 287 Å². The maximum absolute atomic E-state index is 12.8. The van der Waals surface area contributed by atoms with Gasteiger partial charge in [-0.25, -0.2) is 0 Å². The Morgan fingerprint density at radius 1 is 0.792 bits per heavy atom. The minimum Gasteiger partial charge on any atom is -0.463 e. The van der Waals surface area contributed by atoms with Crippen LogP contribution in [0, 0.1) is 46.3 Å². The zero-order chi connectivity index (χ0) is 34.2. The highest BCUT2D eigenvalue weighted by atomic mass is 16.6. The van der Waals surface area contributed by atoms with Crippen LogP contribution in [0.4, 0.5) is 0 Å². The van der Waals surface area contributed by atoms with Crippen LogP contribution in [0.2, 0.25) is 0 Å². The number of carbonyl (C=O) groups excluding carboxylic acids is 3. The lowest BCUT2D eigenvalue weighted by Crippen LogP contribution is -2.62. The van der Waals surface area contributed by atoms with Gasteiger partial charge in [0.2, 0.25) is 0 Å². The SMILES string of the molecule is CC(=O)O[C@@H]1CC[C@@]2(C)[C](C1)C[C@@H](OC(C)=O)[C]1[C@@H]3CC[C@H]([C@H](C)CC=C(c4ccccc4)c4ccccc4)[C@@]3(C)[C@@H](OC(C)=O)C[C@@H]12. The Hall–Kier alpha value is -3.41. The molecule has 9 atom stereocenters. The van der Waals surface area contributed by atoms with Gasteiger partial charge in [0.15, 0.2) is 0 Å². The van der Waals surface area contributed by atoms with Gasteiger partial charge >= 0.3 is 17.9 Å². The molecule has 2 aromatic carbocycles. The molecule has 4 aliphatic rings. The Morgan fingerprint density at radius 2 is 1.40 bits per heavy atom. The van der Waals surface area contributed by atoms with Crippen LogP contribution in [-0.4, -0.2) is 36.2 Å². The van der Waals surface area contributed by atoms with Crippen molar-refractivity contribution >= 4 is 23.5 Å². The summed E-state index contributed by atoms with van der Waals surface area (Å²) < 4.78 is 18.2. The van der Waals surface area contributed by atoms with Crippen LogP contribution in [0.3, 0.4) is 0 Å². The van der Waals surface area contributed by atoms with E-state index in [1.165, 1.54) is 49.3 Å². The minimum atomic E-state index is -0.314. The van der Waals surface area contributed by atoms with E-state index < -0.39 is 0 Å². The van der Waals surface area contributed by atoms with E-state index in [0.29, 0.717) is 24.7 Å². The van der Waals surface area contributed by atoms with E-state index in [1.54, 1.807) is 0 Å². The smallest absolute Gasteiger partial charge is 0.302 e. The van der Waals surface area contributed by atoms with Crippen LogP contribution in [-0.2, 0) is 28.6 Å². The zero-order valence-corrected chi connectivity index (χ0v) is 29.5. The van der Waals surface area contributed by atoms with Gasteiger partial charge in [-0.2, -0.15) is 0 Å². The zero-order valence-electron chi connectivity index (χ0n) is 29.5. The molecule has 0 amide bonds. The summed E-state index contributed by atoms with van der Waals surface area (Å²) in [5.74, 6) is 2.86. The Kier molecular flexibility index (Phi) is 9.93. The van der Waals surface area contributed by atoms with E-state index in [9.17, 15) is 14.4 Å². The number of esters is 3. The standard InChI is InChI=1S/C42H52O6/c1-26(17-18-34(30-13-9-7-10-14-30)31-15-11-8-12-16-31)35-19-20-36-40-37(25-39(42(35,36)6)48-29(4)45)41(5)22-21-33(46-27(2)43)23-32(41)24-38(40)47-28(3)44/h7-16,18,26,33,35-39H,17,19-25H2,1-6H3/t26-,33-,35-,36+,37+,38-,39+,41+,42-/m1/s1. The highest BCUT2D eigenvalue weighted by Gasteiger charge is 2.68. The number of ether oxygens (including phenoxy) is 3. The first-order valence-corrected chi connectivity index (χ1v) is 18.0. The molecule has 4 aliphatic carbocycles. The fourth-order valence-electron chi connectivity index (χ4n) is 10.5. The summed E-state index contributed by atoms with van der Waals surface area (Å²) in [6, 6.07) is 21.2. The average molecular weight is 653 g/mol. The van der Waals surface area contributed by atoms with Crippen molar-refractivity contribution in [1.29, 1.82) is 0 Å². The maximum Gasteiger partial charge on any atom is 0.302 e. The van der Waals surface area contributed by atoms with Gasteiger partial charge in [0.05, 0.1) is 0 Å². The summed E-state index contributed by atoms with van der Waals surface area (Å²) in [5.41, 5.74) is 3.23. The van der Waals surface area contributed by atoms with Crippen molar-refractivity contribution in [1.82, 2.24) is 0 Å². The molecule has 2 aromatic rings. The third-order valence-corrected chi connectivity index (χ3v) is 12.6. The van der Waals surface area contributed by atoms with Gasteiger partial charge in [-0.3, -0.25) is 14.4 Å². The Morgan fingerprint density at radius 3 is 1.98 bits per heavy atom. The third kappa shape index (κ3) is 6.48. The van der Waals surface area contributed by atoms with Crippen LogP contribution in [0.1, 0.15) is 104 Å². The average Bonchev–Trinajstić information content (AvgIpc) is 3.40. The monoisotopic (exact) mass is 652 g/mol. The number of hydrogen-bond acceptors (Lipinski definition) is 6. The molecular formula is C42H52O6. The van der Waals surface area contributed by atoms with Gasteiger partial charge in [-0.1, -0.05) is 87.5 Å². The van der Waals surface area contributed by atoms with Gasteiger partial charge in [-0.05, 0) is 103 Å². The quantitative estimate of drug-likeness (QED) is 0.210. The molecule has 4 saturated carbocycles. The molecule has 0 bridgehead atoms. The van der Waals surface area contributed by atoms with Crippen LogP contribution in [0.15, 0.2) is 66.7 Å². The molecule has 0 aromatic heterocycles. The number of hydrogen-bond donors (Lipinski definition) is 0. The molecule has 0 unspecified atom stereocenters. The van der Waals surface area contributed by atoms with E-state index in [1.807, 2.05) is 0 Å². The number of benzene rings is 2. The predicted octanol–water partition coefficient (Wildman–Crippen LogP) is 8.73. The lowest BCUT2D eigenvalue weighted by atomic mass is 9.43. The van der Waals surface area contributed by atoms with Crippen LogP contribution in [0.5, 0.6) is 0 Å². The van der Waals surface area contributed by atoms with Gasteiger partial charge in [-0.15, -0.1) is 0 Å². The molecule has 0 spiro atoms. The van der Waals surface area contributed by atoms with E-state index in [2.05, 4.69) is 87.5 Å². The second kappa shape index (κ2) is 13.8. The molecule has 48 heavy (non-hydrogen) atoms. The fraction of sp³-hybridized carbons (Fsp3) is 0.548. The summed E-state index contributed by atoms with van der Waals surface area (Å²) in [7, 11) is 0. The summed E-state index contributed by atoms with van der Waals surface area (Å²) in [4.78, 5) is 37.2. The van der Waals surface area contributed by atoms with Gasteiger partial charge < -0.3 is 14.2 Å². The number of fused-ring (bicyclic) bond motifs is 5. The van der Waals surface area contributed by atoms with Crippen molar-refractivity contribution in [2.45, 2.75) is 111 Å². The predicted molar refractivity (Wildman–Crippen MR) is 186 cm³/mol. The molecule has 4 fully saturated rings. The summed E-state index contributed by atoms with van der Waals surface area (Å²) in [5, 5.41) is 0. The molecule has 6 rings (SSSR count). The van der Waals surface area contributed by atoms with Crippen molar-refractivity contribution in [3.05, 3.63) is 89.7 Å². The van der Waals surface area contributed by atoms with Crippen LogP contribution < -0.4 is 0 Å². The first-order valence-electron chi connectivity index (χ1n) is 18.0. The molecule has 256 valence electrons. The molecule has 0 heterocycles. The van der Waals surface area contributed by atoms with Gasteiger partial charge in [0.1, 0.15) is 18.3 Å². The number of carbonyl (C=O) groups is 3. The molecule has 6 heteroatoms. The first-order chi connectivity index (χ1) is 22.9. The molecular weight excluding hydrogens is 600 g/mol. The van der Waals surface area contributed by atoms with Gasteiger partial charge in [0, 0.05) is 32.1 Å². The van der Waals surface area contributed by atoms with Crippen molar-refractivity contribution in [3.8, 4) is 0 Å². The molecule has 0 saturated heterocycles. The summed E-state index contributed by atoms with van der Waals surface area (Å²) in [6.45, 7) is 11.6. The lowest BCUT2D eigenvalue weighted by Gasteiger charge is -2.63. The highest BCUT2D eigenvalue weighted by Crippen LogP contribution is 2.70. The van der Waals surface area contributed by atoms with E-state index in [4.69, 9.17) is 14.2 Å². The fourth-order valence-corrected chi connectivity index (χ4v) is 10.5. The number of rotatable bonds is 8. The first kappa shape index (κ1) is 34.5. The molecule has 6 nitrogen and oxygen atoms in total. The van der Waals surface area contributed by atoms with Crippen molar-refractivity contribution < 1.29 is 28.6 Å². The lowest BCUT2D eigenvalue weighted by molar-refractivity contribution is -0.177. The van der Waals surface area contributed by atoms with Crippen molar-refractivity contribution in [2.24, 2.45) is 34.5 Å². The van der Waals surface area contributed by atoms with E-state index in [-0.39, 0.29) is 58.9 Å². The largest absolute Gasteiger partial charge is 0.463 e. The van der Waals surface area contributed by atoms with E-state index >= 15 is 0 Å². The van der Waals surface area contributed by atoms with Crippen molar-refractivity contribution in [2.75, 3.05) is 0 Å². The molecule has 2 radical (unpaired) electrons. The normalized spacial score (nSPS) is 33.7. The topological polar surface area (TPSA) is 78.9 Å². The second-order valence-corrected chi connectivity index (χ2v) is 15.3. The second-order valence-electron chi connectivity index (χ2n) is 15.3. The maximum atomic E-state index is 12.8. The molecule has 0 N–H and O–H groups in total. The Balaban J connectivity index is 1.33. The highest BCUT2D eigenvalue weighted by molar-refractivity contribution is 5.79.